The Labute approximate surface area is 367 Å². The van der Waals surface area contributed by atoms with Gasteiger partial charge >= 0.3 is 0 Å². The van der Waals surface area contributed by atoms with Gasteiger partial charge in [-0.3, -0.25) is 0 Å². The Hall–Kier alpha value is -8.81. The smallest absolute Gasteiger partial charge is 0.164 e. The maximum absolute atomic E-state index is 6.66. The van der Waals surface area contributed by atoms with E-state index >= 15 is 0 Å². The Morgan fingerprint density at radius 3 is 1.61 bits per heavy atom. The van der Waals surface area contributed by atoms with Gasteiger partial charge in [0.05, 0.1) is 11.4 Å². The zero-order valence-corrected chi connectivity index (χ0v) is 34.1. The number of nitrogens with zero attached hydrogens (tertiary/aromatic N) is 4. The van der Waals surface area contributed by atoms with Crippen molar-refractivity contribution in [3.05, 3.63) is 206 Å². The van der Waals surface area contributed by atoms with Crippen LogP contribution in [0.15, 0.2) is 215 Å². The molecule has 7 heteroatoms. The number of aromatic nitrogens is 3. The number of hydrogen-bond acceptors (Lipinski definition) is 7. The maximum atomic E-state index is 6.66. The summed E-state index contributed by atoms with van der Waals surface area (Å²) in [6.45, 7) is 0. The van der Waals surface area contributed by atoms with Gasteiger partial charge in [0.1, 0.15) is 22.3 Å². The van der Waals surface area contributed by atoms with Gasteiger partial charge in [-0.2, -0.15) is 0 Å². The van der Waals surface area contributed by atoms with Gasteiger partial charge in [0.25, 0.3) is 0 Å². The monoisotopic (exact) mass is 822 g/mol. The summed E-state index contributed by atoms with van der Waals surface area (Å²) in [5.41, 5.74) is 13.1. The van der Waals surface area contributed by atoms with E-state index in [0.29, 0.717) is 17.5 Å². The molecule has 9 aromatic carbocycles. The van der Waals surface area contributed by atoms with E-state index in [1.54, 1.807) is 0 Å². The summed E-state index contributed by atoms with van der Waals surface area (Å²) in [6.07, 6.45) is 0. The van der Waals surface area contributed by atoms with Crippen molar-refractivity contribution >= 4 is 60.9 Å². The predicted octanol–water partition coefficient (Wildman–Crippen LogP) is 15.6. The average Bonchev–Trinajstić information content (AvgIpc) is 3.94. The predicted molar refractivity (Wildman–Crippen MR) is 256 cm³/mol. The fourth-order valence-corrected chi connectivity index (χ4v) is 9.14. The highest BCUT2D eigenvalue weighted by molar-refractivity contribution is 6.14. The highest BCUT2D eigenvalue weighted by Crippen LogP contribution is 2.52. The Morgan fingerprint density at radius 2 is 0.859 bits per heavy atom. The summed E-state index contributed by atoms with van der Waals surface area (Å²) in [6, 6.07) is 70.4. The third kappa shape index (κ3) is 5.86. The molecule has 4 heterocycles. The Morgan fingerprint density at radius 1 is 0.328 bits per heavy atom. The van der Waals surface area contributed by atoms with Crippen LogP contribution >= 0.6 is 0 Å². The molecule has 7 nitrogen and oxygen atoms in total. The first kappa shape index (κ1) is 35.9. The molecule has 13 rings (SSSR count). The Bertz CT molecular complexity index is 3770. The third-order valence-electron chi connectivity index (χ3n) is 12.1. The van der Waals surface area contributed by atoms with Crippen molar-refractivity contribution in [2.75, 3.05) is 4.90 Å². The second-order valence-corrected chi connectivity index (χ2v) is 15.9. The molecule has 0 radical (unpaired) electrons. The topological polar surface area (TPSA) is 77.4 Å². The Kier molecular flexibility index (Phi) is 8.08. The van der Waals surface area contributed by atoms with Crippen LogP contribution in [-0.2, 0) is 0 Å². The number of para-hydroxylation sites is 3. The quantitative estimate of drug-likeness (QED) is 0.165. The highest BCUT2D eigenvalue weighted by atomic mass is 16.5. The van der Waals surface area contributed by atoms with Crippen molar-refractivity contribution in [2.24, 2.45) is 0 Å². The van der Waals surface area contributed by atoms with Gasteiger partial charge in [-0.25, -0.2) is 15.0 Å². The molecule has 0 aliphatic carbocycles. The largest absolute Gasteiger partial charge is 0.456 e. The molecule has 0 N–H and O–H groups in total. The molecule has 64 heavy (non-hydrogen) atoms. The minimum absolute atomic E-state index is 0.546. The van der Waals surface area contributed by atoms with E-state index in [0.717, 1.165) is 100 Å². The van der Waals surface area contributed by atoms with E-state index in [1.807, 2.05) is 103 Å². The maximum Gasteiger partial charge on any atom is 0.164 e. The lowest BCUT2D eigenvalue weighted by Gasteiger charge is -2.33. The van der Waals surface area contributed by atoms with Gasteiger partial charge in [0.15, 0.2) is 29.0 Å². The van der Waals surface area contributed by atoms with Gasteiger partial charge < -0.3 is 18.5 Å². The second-order valence-electron chi connectivity index (χ2n) is 15.9. The van der Waals surface area contributed by atoms with Gasteiger partial charge in [-0.05, 0) is 89.0 Å². The average molecular weight is 823 g/mol. The zero-order valence-electron chi connectivity index (χ0n) is 34.1. The number of rotatable bonds is 6. The summed E-state index contributed by atoms with van der Waals surface area (Å²) in [4.78, 5) is 17.8. The van der Waals surface area contributed by atoms with Crippen molar-refractivity contribution in [1.29, 1.82) is 0 Å². The van der Waals surface area contributed by atoms with Crippen LogP contribution in [-0.4, -0.2) is 15.0 Å². The Balaban J connectivity index is 0.939. The van der Waals surface area contributed by atoms with Crippen LogP contribution in [0.5, 0.6) is 11.5 Å². The molecule has 0 saturated carbocycles. The van der Waals surface area contributed by atoms with Gasteiger partial charge in [0.2, 0.25) is 0 Å². The molecule has 3 aromatic heterocycles. The molecule has 1 aliphatic heterocycles. The van der Waals surface area contributed by atoms with Crippen LogP contribution in [0.2, 0.25) is 0 Å². The lowest BCUT2D eigenvalue weighted by atomic mass is 9.99. The molecule has 300 valence electrons. The molecule has 0 amide bonds. The number of furan rings is 2. The molecule has 12 aromatic rings. The van der Waals surface area contributed by atoms with Crippen molar-refractivity contribution < 1.29 is 13.6 Å². The number of benzene rings is 9. The van der Waals surface area contributed by atoms with Crippen molar-refractivity contribution in [3.63, 3.8) is 0 Å². The molecule has 1 aliphatic rings. The number of ether oxygens (including phenoxy) is 1. The first-order chi connectivity index (χ1) is 31.7. The van der Waals surface area contributed by atoms with Crippen molar-refractivity contribution in [2.45, 2.75) is 0 Å². The van der Waals surface area contributed by atoms with Crippen LogP contribution in [0.4, 0.5) is 17.1 Å². The van der Waals surface area contributed by atoms with Crippen LogP contribution in [0, 0.1) is 0 Å². The van der Waals surface area contributed by atoms with E-state index < -0.39 is 0 Å². The summed E-state index contributed by atoms with van der Waals surface area (Å²) in [5, 5.41) is 3.86. The molecular weight excluding hydrogens is 789 g/mol. The summed E-state index contributed by atoms with van der Waals surface area (Å²) < 4.78 is 19.5. The molecule has 0 unspecified atom stereocenters. The standard InChI is InChI=1S/C57H34N4O3/c1-3-13-35(14-4-1)36-25-29-40(30-26-36)61-45-20-8-10-22-49(45)64-52-34-39(27-31-46(52)61)38-28-32-48-44(33-38)54-43(19-12-24-51(54)63-48)57-59-55(37-15-5-2-6-16-37)58-56(60-57)42-18-11-23-50-53(42)41-17-7-9-21-47(41)62-50/h1-34H. The lowest BCUT2D eigenvalue weighted by Crippen LogP contribution is -2.15. The van der Waals surface area contributed by atoms with Gasteiger partial charge in [0, 0.05) is 43.9 Å². The molecular formula is C57H34N4O3. The minimum atomic E-state index is 0.546. The van der Waals surface area contributed by atoms with Crippen LogP contribution in [0.1, 0.15) is 0 Å². The van der Waals surface area contributed by atoms with E-state index in [9.17, 15) is 0 Å². The third-order valence-corrected chi connectivity index (χ3v) is 12.1. The molecule has 0 spiro atoms. The van der Waals surface area contributed by atoms with Crippen LogP contribution in [0.3, 0.4) is 0 Å². The zero-order chi connectivity index (χ0) is 42.1. The molecule has 0 fully saturated rings. The summed E-state index contributed by atoms with van der Waals surface area (Å²) >= 11 is 0. The first-order valence-corrected chi connectivity index (χ1v) is 21.2. The second kappa shape index (κ2) is 14.4. The normalized spacial score (nSPS) is 12.2. The van der Waals surface area contributed by atoms with Crippen LogP contribution in [0.25, 0.3) is 100 Å². The van der Waals surface area contributed by atoms with E-state index in [-0.39, 0.29) is 0 Å². The molecule has 0 saturated heterocycles. The molecule has 0 bridgehead atoms. The highest BCUT2D eigenvalue weighted by Gasteiger charge is 2.27. The first-order valence-electron chi connectivity index (χ1n) is 21.2. The summed E-state index contributed by atoms with van der Waals surface area (Å²) in [5.74, 6) is 3.25. The van der Waals surface area contributed by atoms with Crippen LogP contribution < -0.4 is 9.64 Å². The van der Waals surface area contributed by atoms with Crippen molar-refractivity contribution in [3.8, 4) is 67.9 Å². The van der Waals surface area contributed by atoms with E-state index in [1.165, 1.54) is 11.1 Å². The fourth-order valence-electron chi connectivity index (χ4n) is 9.14. The van der Waals surface area contributed by atoms with E-state index in [2.05, 4.69) is 108 Å². The number of hydrogen-bond donors (Lipinski definition) is 0. The van der Waals surface area contributed by atoms with Crippen molar-refractivity contribution in [1.82, 2.24) is 15.0 Å². The van der Waals surface area contributed by atoms with Gasteiger partial charge in [-0.1, -0.05) is 140 Å². The number of anilines is 3. The fraction of sp³-hybridized carbons (Fsp3) is 0. The lowest BCUT2D eigenvalue weighted by molar-refractivity contribution is 0.477. The molecule has 0 atom stereocenters. The summed E-state index contributed by atoms with van der Waals surface area (Å²) in [7, 11) is 0. The SMILES string of the molecule is c1ccc(-c2ccc(N3c4ccccc4Oc4cc(-c5ccc6oc7cccc(-c8nc(-c9ccccc9)nc(-c9cccc%10oc%11ccccc%11c9%10)n8)c7c6c5)ccc43)cc2)cc1. The van der Waals surface area contributed by atoms with E-state index in [4.69, 9.17) is 28.5 Å². The van der Waals surface area contributed by atoms with Gasteiger partial charge in [-0.15, -0.1) is 0 Å². The number of fused-ring (bicyclic) bond motifs is 8. The minimum Gasteiger partial charge on any atom is -0.456 e.